The molecule has 0 spiro atoms. The minimum absolute atomic E-state index is 0.0526. The number of anilines is 1. The summed E-state index contributed by atoms with van der Waals surface area (Å²) in [6, 6.07) is 5.77. The van der Waals surface area contributed by atoms with Crippen molar-refractivity contribution >= 4 is 11.4 Å². The Morgan fingerprint density at radius 3 is 2.68 bits per heavy atom. The highest BCUT2D eigenvalue weighted by molar-refractivity contribution is 5.66. The summed E-state index contributed by atoms with van der Waals surface area (Å²) < 4.78 is 0. The Morgan fingerprint density at radius 1 is 1.21 bits per heavy atom. The second-order valence-electron chi connectivity index (χ2n) is 5.56. The summed E-state index contributed by atoms with van der Waals surface area (Å²) in [6.07, 6.45) is 3.40. The number of aliphatic hydroxyl groups is 2. The summed E-state index contributed by atoms with van der Waals surface area (Å²) in [6.45, 7) is 7.28. The number of benzene rings is 1. The monoisotopic (exact) mass is 257 g/mol. The van der Waals surface area contributed by atoms with E-state index in [9.17, 15) is 10.2 Å². The summed E-state index contributed by atoms with van der Waals surface area (Å²) in [5, 5.41) is 22.7. The molecule has 1 aromatic carbocycles. The minimum atomic E-state index is -0.0526. The number of hydrogen-bond donors (Lipinski definition) is 3. The van der Waals surface area contributed by atoms with Crippen molar-refractivity contribution in [3.8, 4) is 0 Å². The third kappa shape index (κ3) is 1.89. The first kappa shape index (κ1) is 12.2. The zero-order valence-corrected chi connectivity index (χ0v) is 10.9. The van der Waals surface area contributed by atoms with E-state index in [1.165, 1.54) is 12.0 Å². The average Bonchev–Trinajstić information content (AvgIpc) is 2.86. The van der Waals surface area contributed by atoms with Crippen LogP contribution in [0.1, 0.15) is 36.3 Å². The summed E-state index contributed by atoms with van der Waals surface area (Å²) in [5.74, 6) is 1.15. The van der Waals surface area contributed by atoms with Crippen molar-refractivity contribution < 1.29 is 10.2 Å². The zero-order valence-electron chi connectivity index (χ0n) is 10.9. The van der Waals surface area contributed by atoms with Gasteiger partial charge in [-0.15, -0.1) is 0 Å². The van der Waals surface area contributed by atoms with Gasteiger partial charge in [0.2, 0.25) is 0 Å². The molecule has 0 aromatic heterocycles. The molecule has 19 heavy (non-hydrogen) atoms. The molecule has 0 bridgehead atoms. The zero-order chi connectivity index (χ0) is 13.6. The van der Waals surface area contributed by atoms with Crippen molar-refractivity contribution in [3.63, 3.8) is 0 Å². The van der Waals surface area contributed by atoms with Crippen LogP contribution in [0.25, 0.3) is 5.76 Å². The molecule has 0 radical (unpaired) electrons. The molecular formula is C16H19NO2. The molecule has 3 N–H and O–H groups in total. The van der Waals surface area contributed by atoms with Gasteiger partial charge in [-0.3, -0.25) is 0 Å². The van der Waals surface area contributed by atoms with E-state index in [1.54, 1.807) is 0 Å². The van der Waals surface area contributed by atoms with Gasteiger partial charge in [0.15, 0.2) is 0 Å². The van der Waals surface area contributed by atoms with Gasteiger partial charge in [0, 0.05) is 11.3 Å². The minimum Gasteiger partial charge on any atom is -0.511 e. The van der Waals surface area contributed by atoms with Crippen molar-refractivity contribution in [2.24, 2.45) is 5.92 Å². The van der Waals surface area contributed by atoms with Crippen molar-refractivity contribution in [3.05, 3.63) is 48.2 Å². The molecule has 3 heteroatoms. The molecule has 1 saturated carbocycles. The maximum Gasteiger partial charge on any atom is 0.115 e. The number of nitrogens with one attached hydrogen (secondary N) is 1. The lowest BCUT2D eigenvalue weighted by atomic mass is 9.78. The van der Waals surface area contributed by atoms with Gasteiger partial charge < -0.3 is 15.5 Å². The topological polar surface area (TPSA) is 52.5 Å². The number of fused-ring (bicyclic) bond motifs is 3. The fourth-order valence-electron chi connectivity index (χ4n) is 3.56. The molecule has 1 aromatic rings. The maximum atomic E-state index is 9.78. The highest BCUT2D eigenvalue weighted by Crippen LogP contribution is 2.49. The molecule has 3 atom stereocenters. The van der Waals surface area contributed by atoms with Gasteiger partial charge in [-0.1, -0.05) is 19.6 Å². The maximum absolute atomic E-state index is 9.78. The molecule has 100 valence electrons. The molecule has 1 heterocycles. The van der Waals surface area contributed by atoms with Crippen molar-refractivity contribution in [2.75, 3.05) is 5.32 Å². The summed E-state index contributed by atoms with van der Waals surface area (Å²) in [7, 11) is 0. The van der Waals surface area contributed by atoms with Crippen LogP contribution in [0, 0.1) is 5.92 Å². The lowest BCUT2D eigenvalue weighted by molar-refractivity contribution is 0.311. The van der Waals surface area contributed by atoms with Gasteiger partial charge in [0.1, 0.15) is 11.5 Å². The molecule has 0 amide bonds. The molecule has 1 fully saturated rings. The average molecular weight is 257 g/mol. The van der Waals surface area contributed by atoms with Gasteiger partial charge in [0.25, 0.3) is 0 Å². The van der Waals surface area contributed by atoms with E-state index in [4.69, 9.17) is 0 Å². The number of rotatable bonds is 2. The summed E-state index contributed by atoms with van der Waals surface area (Å²) in [5.41, 5.74) is 3.04. The SMILES string of the molecule is C=C(O)c1ccc2c(c1)C1CCCC1C(C(=C)O)N2. The van der Waals surface area contributed by atoms with Gasteiger partial charge in [-0.25, -0.2) is 0 Å². The fraction of sp³-hybridized carbons (Fsp3) is 0.375. The van der Waals surface area contributed by atoms with Crippen LogP contribution in [-0.2, 0) is 0 Å². The van der Waals surface area contributed by atoms with Crippen LogP contribution < -0.4 is 5.32 Å². The predicted octanol–water partition coefficient (Wildman–Crippen LogP) is 3.96. The second-order valence-corrected chi connectivity index (χ2v) is 5.56. The van der Waals surface area contributed by atoms with Crippen LogP contribution in [-0.4, -0.2) is 16.3 Å². The molecule has 3 nitrogen and oxygen atoms in total. The number of aliphatic hydroxyl groups excluding tert-OH is 2. The summed E-state index contributed by atoms with van der Waals surface area (Å²) >= 11 is 0. The van der Waals surface area contributed by atoms with E-state index >= 15 is 0 Å². The van der Waals surface area contributed by atoms with E-state index in [1.807, 2.05) is 18.2 Å². The Morgan fingerprint density at radius 2 is 2.00 bits per heavy atom. The predicted molar refractivity (Wildman–Crippen MR) is 77.4 cm³/mol. The molecule has 2 aliphatic rings. The van der Waals surface area contributed by atoms with Crippen molar-refractivity contribution in [1.29, 1.82) is 0 Å². The van der Waals surface area contributed by atoms with Gasteiger partial charge in [-0.05, 0) is 48.4 Å². The smallest absolute Gasteiger partial charge is 0.115 e. The van der Waals surface area contributed by atoms with Gasteiger partial charge in [-0.2, -0.15) is 0 Å². The van der Waals surface area contributed by atoms with Crippen LogP contribution in [0.5, 0.6) is 0 Å². The summed E-state index contributed by atoms with van der Waals surface area (Å²) in [4.78, 5) is 0. The first-order valence-electron chi connectivity index (χ1n) is 6.74. The quantitative estimate of drug-likeness (QED) is 0.703. The molecule has 1 aliphatic heterocycles. The third-order valence-corrected chi connectivity index (χ3v) is 4.45. The molecule has 3 unspecified atom stereocenters. The Balaban J connectivity index is 2.06. The molecule has 3 rings (SSSR count). The first-order valence-corrected chi connectivity index (χ1v) is 6.74. The standard InChI is InChI=1S/C16H19NO2/c1-9(18)11-6-7-15-14(8-11)12-4-3-5-13(12)16(17-15)10(2)19/h6-8,12-13,16-19H,1-5H2. The van der Waals surface area contributed by atoms with Crippen LogP contribution in [0.15, 0.2) is 37.1 Å². The number of hydrogen-bond acceptors (Lipinski definition) is 3. The van der Waals surface area contributed by atoms with Crippen molar-refractivity contribution in [1.82, 2.24) is 0 Å². The van der Waals surface area contributed by atoms with Gasteiger partial charge >= 0.3 is 0 Å². The van der Waals surface area contributed by atoms with E-state index in [2.05, 4.69) is 18.5 Å². The lowest BCUT2D eigenvalue weighted by Gasteiger charge is -2.36. The fourth-order valence-corrected chi connectivity index (χ4v) is 3.56. The van der Waals surface area contributed by atoms with Crippen LogP contribution >= 0.6 is 0 Å². The molecule has 0 saturated heterocycles. The molecule has 1 aliphatic carbocycles. The first-order chi connectivity index (χ1) is 9.08. The Kier molecular flexibility index (Phi) is 2.77. The Bertz CT molecular complexity index is 550. The largest absolute Gasteiger partial charge is 0.511 e. The highest BCUT2D eigenvalue weighted by Gasteiger charge is 2.40. The van der Waals surface area contributed by atoms with Crippen LogP contribution in [0.3, 0.4) is 0 Å². The van der Waals surface area contributed by atoms with Gasteiger partial charge in [0.05, 0.1) is 6.04 Å². The Hall–Kier alpha value is -1.90. The highest BCUT2D eigenvalue weighted by atomic mass is 16.3. The van der Waals surface area contributed by atoms with E-state index in [0.717, 1.165) is 24.1 Å². The Labute approximate surface area is 113 Å². The van der Waals surface area contributed by atoms with E-state index in [-0.39, 0.29) is 17.6 Å². The van der Waals surface area contributed by atoms with E-state index < -0.39 is 0 Å². The van der Waals surface area contributed by atoms with Crippen LogP contribution in [0.4, 0.5) is 5.69 Å². The molecular weight excluding hydrogens is 238 g/mol. The van der Waals surface area contributed by atoms with Crippen molar-refractivity contribution in [2.45, 2.75) is 31.2 Å². The lowest BCUT2D eigenvalue weighted by Crippen LogP contribution is -2.36. The second kappa shape index (κ2) is 4.34. The van der Waals surface area contributed by atoms with Crippen LogP contribution in [0.2, 0.25) is 0 Å². The normalized spacial score (nSPS) is 28.1. The third-order valence-electron chi connectivity index (χ3n) is 4.45. The van der Waals surface area contributed by atoms with E-state index in [0.29, 0.717) is 11.8 Å².